The molecule has 0 unspecified atom stereocenters. The number of imidazole rings is 1. The first-order chi connectivity index (χ1) is 9.72. The zero-order valence-corrected chi connectivity index (χ0v) is 11.3. The molecule has 1 aliphatic rings. The molecule has 0 spiro atoms. The molecule has 1 fully saturated rings. The number of rotatable bonds is 2. The Balaban J connectivity index is 1.94. The second-order valence-corrected chi connectivity index (χ2v) is 4.64. The molecule has 20 heavy (non-hydrogen) atoms. The Morgan fingerprint density at radius 3 is 2.90 bits per heavy atom. The van der Waals surface area contributed by atoms with Gasteiger partial charge in [-0.3, -0.25) is 9.36 Å². The largest absolute Gasteiger partial charge is 0.354 e. The fraction of sp³-hybridized carbons (Fsp3) is 0.364. The van der Waals surface area contributed by atoms with Crippen LogP contribution in [-0.2, 0) is 4.79 Å². The Labute approximate surface area is 119 Å². The fourth-order valence-corrected chi connectivity index (χ4v) is 2.09. The summed E-state index contributed by atoms with van der Waals surface area (Å²) in [5.74, 6) is 0.719. The van der Waals surface area contributed by atoms with Crippen LogP contribution >= 0.6 is 11.6 Å². The smallest absolute Gasteiger partial charge is 0.241 e. The summed E-state index contributed by atoms with van der Waals surface area (Å²) in [6, 6.07) is 0. The van der Waals surface area contributed by atoms with Gasteiger partial charge in [-0.05, 0) is 18.0 Å². The minimum Gasteiger partial charge on any atom is -0.354 e. The van der Waals surface area contributed by atoms with E-state index in [9.17, 15) is 4.79 Å². The van der Waals surface area contributed by atoms with Crippen LogP contribution in [0.4, 0.5) is 5.95 Å². The van der Waals surface area contributed by atoms with E-state index in [1.54, 1.807) is 28.2 Å². The zero-order chi connectivity index (χ0) is 13.9. The van der Waals surface area contributed by atoms with Crippen LogP contribution in [0.25, 0.3) is 5.95 Å². The molecule has 9 heteroatoms. The summed E-state index contributed by atoms with van der Waals surface area (Å²) in [4.78, 5) is 29.8. The molecular weight excluding hydrogens is 282 g/mol. The van der Waals surface area contributed by atoms with E-state index in [0.717, 1.165) is 6.42 Å². The van der Waals surface area contributed by atoms with Gasteiger partial charge in [0.15, 0.2) is 0 Å². The first-order valence-corrected chi connectivity index (χ1v) is 6.52. The van der Waals surface area contributed by atoms with Crippen LogP contribution in [-0.4, -0.2) is 50.0 Å². The van der Waals surface area contributed by atoms with Crippen molar-refractivity contribution in [1.29, 1.82) is 0 Å². The van der Waals surface area contributed by atoms with Crippen molar-refractivity contribution < 1.29 is 4.79 Å². The number of carbonyl (C=O) groups is 1. The van der Waals surface area contributed by atoms with E-state index in [1.807, 2.05) is 0 Å². The van der Waals surface area contributed by atoms with Gasteiger partial charge in [0, 0.05) is 25.5 Å². The second kappa shape index (κ2) is 5.41. The van der Waals surface area contributed by atoms with Crippen LogP contribution < -0.4 is 10.2 Å². The molecule has 0 aromatic carbocycles. The van der Waals surface area contributed by atoms with Crippen molar-refractivity contribution in [3.8, 4) is 5.95 Å². The third kappa shape index (κ3) is 2.69. The highest BCUT2D eigenvalue weighted by atomic mass is 35.5. The average Bonchev–Trinajstić information content (AvgIpc) is 2.87. The third-order valence-electron chi connectivity index (χ3n) is 2.86. The summed E-state index contributed by atoms with van der Waals surface area (Å²) in [6.07, 6.45) is 5.74. The average molecular weight is 294 g/mol. The van der Waals surface area contributed by atoms with E-state index in [-0.39, 0.29) is 17.7 Å². The van der Waals surface area contributed by atoms with Crippen molar-refractivity contribution in [1.82, 2.24) is 29.8 Å². The predicted octanol–water partition coefficient (Wildman–Crippen LogP) is 0.0370. The summed E-state index contributed by atoms with van der Waals surface area (Å²) in [5.41, 5.74) is 0. The first kappa shape index (κ1) is 12.8. The molecule has 2 aromatic rings. The van der Waals surface area contributed by atoms with Gasteiger partial charge in [-0.15, -0.1) is 0 Å². The number of halogens is 1. The standard InChI is InChI=1S/C11H12ClN7O/c12-9-15-10(18-4-1-2-14-8(20)6-18)17-11(16-9)19-5-3-13-7-19/h3,5,7H,1-2,4,6H2,(H,14,20). The van der Waals surface area contributed by atoms with Crippen molar-refractivity contribution in [3.05, 3.63) is 24.0 Å². The summed E-state index contributed by atoms with van der Waals surface area (Å²) in [6.45, 7) is 1.55. The van der Waals surface area contributed by atoms with Gasteiger partial charge in [-0.25, -0.2) is 4.98 Å². The van der Waals surface area contributed by atoms with Gasteiger partial charge in [0.1, 0.15) is 6.33 Å². The molecule has 1 N–H and O–H groups in total. The molecule has 104 valence electrons. The van der Waals surface area contributed by atoms with Crippen LogP contribution in [0, 0.1) is 0 Å². The highest BCUT2D eigenvalue weighted by Gasteiger charge is 2.19. The van der Waals surface area contributed by atoms with Gasteiger partial charge in [0.05, 0.1) is 6.54 Å². The van der Waals surface area contributed by atoms with Crippen LogP contribution in [0.3, 0.4) is 0 Å². The molecule has 3 rings (SSSR count). The number of hydrogen-bond acceptors (Lipinski definition) is 6. The predicted molar refractivity (Wildman–Crippen MR) is 71.8 cm³/mol. The molecule has 1 saturated heterocycles. The lowest BCUT2D eigenvalue weighted by molar-refractivity contribution is -0.119. The minimum atomic E-state index is -0.0526. The molecule has 8 nitrogen and oxygen atoms in total. The van der Waals surface area contributed by atoms with Crippen molar-refractivity contribution in [2.75, 3.05) is 24.5 Å². The van der Waals surface area contributed by atoms with Crippen molar-refractivity contribution in [2.24, 2.45) is 0 Å². The third-order valence-corrected chi connectivity index (χ3v) is 3.03. The monoisotopic (exact) mass is 293 g/mol. The first-order valence-electron chi connectivity index (χ1n) is 6.14. The molecule has 0 saturated carbocycles. The zero-order valence-electron chi connectivity index (χ0n) is 10.5. The summed E-state index contributed by atoms with van der Waals surface area (Å²) in [7, 11) is 0. The molecular formula is C11H12ClN7O. The Kier molecular flexibility index (Phi) is 3.46. The summed E-state index contributed by atoms with van der Waals surface area (Å²) in [5, 5.41) is 2.89. The maximum absolute atomic E-state index is 11.6. The van der Waals surface area contributed by atoms with Crippen molar-refractivity contribution in [2.45, 2.75) is 6.42 Å². The Hall–Kier alpha value is -2.22. The maximum atomic E-state index is 11.6. The van der Waals surface area contributed by atoms with Gasteiger partial charge >= 0.3 is 0 Å². The van der Waals surface area contributed by atoms with E-state index in [2.05, 4.69) is 25.3 Å². The maximum Gasteiger partial charge on any atom is 0.241 e. The molecule has 1 aliphatic heterocycles. The van der Waals surface area contributed by atoms with E-state index in [1.165, 1.54) is 0 Å². The van der Waals surface area contributed by atoms with Gasteiger partial charge in [0.25, 0.3) is 0 Å². The van der Waals surface area contributed by atoms with Crippen LogP contribution in [0.15, 0.2) is 18.7 Å². The van der Waals surface area contributed by atoms with E-state index < -0.39 is 0 Å². The molecule has 3 heterocycles. The van der Waals surface area contributed by atoms with Crippen molar-refractivity contribution >= 4 is 23.5 Å². The lowest BCUT2D eigenvalue weighted by Crippen LogP contribution is -2.34. The van der Waals surface area contributed by atoms with Gasteiger partial charge in [-0.1, -0.05) is 0 Å². The summed E-state index contributed by atoms with van der Waals surface area (Å²) >= 11 is 5.94. The van der Waals surface area contributed by atoms with Crippen LogP contribution in [0.5, 0.6) is 0 Å². The Bertz CT molecular complexity index is 615. The van der Waals surface area contributed by atoms with Crippen LogP contribution in [0.2, 0.25) is 5.28 Å². The normalized spacial score (nSPS) is 15.8. The number of amides is 1. The van der Waals surface area contributed by atoms with E-state index >= 15 is 0 Å². The molecule has 1 amide bonds. The minimum absolute atomic E-state index is 0.0526. The number of aromatic nitrogens is 5. The van der Waals surface area contributed by atoms with Crippen molar-refractivity contribution in [3.63, 3.8) is 0 Å². The fourth-order valence-electron chi connectivity index (χ4n) is 1.94. The highest BCUT2D eigenvalue weighted by molar-refractivity contribution is 6.28. The lowest BCUT2D eigenvalue weighted by Gasteiger charge is -2.19. The molecule has 0 radical (unpaired) electrons. The van der Waals surface area contributed by atoms with E-state index in [0.29, 0.717) is 25.0 Å². The summed E-state index contributed by atoms with van der Waals surface area (Å²) < 4.78 is 1.63. The Morgan fingerprint density at radius 2 is 2.10 bits per heavy atom. The van der Waals surface area contributed by atoms with E-state index in [4.69, 9.17) is 11.6 Å². The molecule has 0 aliphatic carbocycles. The number of nitrogens with one attached hydrogen (secondary N) is 1. The topological polar surface area (TPSA) is 88.8 Å². The van der Waals surface area contributed by atoms with Gasteiger partial charge < -0.3 is 10.2 Å². The number of anilines is 1. The number of hydrogen-bond donors (Lipinski definition) is 1. The quantitative estimate of drug-likeness (QED) is 0.841. The lowest BCUT2D eigenvalue weighted by atomic mass is 10.4. The number of nitrogens with zero attached hydrogens (tertiary/aromatic N) is 6. The van der Waals surface area contributed by atoms with Gasteiger partial charge in [0.2, 0.25) is 23.1 Å². The van der Waals surface area contributed by atoms with Crippen LogP contribution in [0.1, 0.15) is 6.42 Å². The molecule has 2 aromatic heterocycles. The number of carbonyl (C=O) groups excluding carboxylic acids is 1. The van der Waals surface area contributed by atoms with Gasteiger partial charge in [-0.2, -0.15) is 15.0 Å². The Morgan fingerprint density at radius 1 is 1.25 bits per heavy atom. The second-order valence-electron chi connectivity index (χ2n) is 4.30. The molecule has 0 atom stereocenters. The highest BCUT2D eigenvalue weighted by Crippen LogP contribution is 2.14. The SMILES string of the molecule is O=C1CN(c2nc(Cl)nc(-n3ccnc3)n2)CCCN1. The molecule has 0 bridgehead atoms.